The molecule has 0 fully saturated rings. The van der Waals surface area contributed by atoms with E-state index in [1.54, 1.807) is 12.1 Å². The molecule has 1 N–H and O–H groups in total. The second-order valence-electron chi connectivity index (χ2n) is 4.17. The summed E-state index contributed by atoms with van der Waals surface area (Å²) in [5.41, 5.74) is -0.216. The first-order valence-corrected chi connectivity index (χ1v) is 6.28. The van der Waals surface area contributed by atoms with Crippen LogP contribution in [0.5, 0.6) is 0 Å². The standard InChI is InChI=1S/C13H18N2O4/c1-3-5-9-14(4-2)11-8-6-7-10(13(16)17)12(11)15(18)19/h6-8H,3-5,9H2,1-2H3,(H,16,17). The van der Waals surface area contributed by atoms with Crippen molar-refractivity contribution < 1.29 is 14.8 Å². The van der Waals surface area contributed by atoms with Crippen LogP contribution < -0.4 is 4.90 Å². The predicted octanol–water partition coefficient (Wildman–Crippen LogP) is 2.92. The Bertz CT molecular complexity index is 474. The fraction of sp³-hybridized carbons (Fsp3) is 0.462. The highest BCUT2D eigenvalue weighted by Crippen LogP contribution is 2.32. The van der Waals surface area contributed by atoms with E-state index in [9.17, 15) is 14.9 Å². The molecule has 0 saturated heterocycles. The van der Waals surface area contributed by atoms with Crippen molar-refractivity contribution in [1.82, 2.24) is 0 Å². The lowest BCUT2D eigenvalue weighted by atomic mass is 10.1. The van der Waals surface area contributed by atoms with Gasteiger partial charge in [0, 0.05) is 13.1 Å². The van der Waals surface area contributed by atoms with Gasteiger partial charge in [-0.05, 0) is 25.5 Å². The van der Waals surface area contributed by atoms with Crippen molar-refractivity contribution in [3.05, 3.63) is 33.9 Å². The molecule has 19 heavy (non-hydrogen) atoms. The molecule has 0 aromatic heterocycles. The first kappa shape index (κ1) is 14.9. The molecule has 0 heterocycles. The molecule has 6 nitrogen and oxygen atoms in total. The molecule has 0 saturated carbocycles. The summed E-state index contributed by atoms with van der Waals surface area (Å²) in [7, 11) is 0. The van der Waals surface area contributed by atoms with Gasteiger partial charge in [-0.1, -0.05) is 19.4 Å². The van der Waals surface area contributed by atoms with E-state index < -0.39 is 10.9 Å². The molecule has 0 amide bonds. The molecular formula is C13H18N2O4. The van der Waals surface area contributed by atoms with Crippen molar-refractivity contribution in [2.24, 2.45) is 0 Å². The molecular weight excluding hydrogens is 248 g/mol. The maximum Gasteiger partial charge on any atom is 0.342 e. The number of para-hydroxylation sites is 1. The van der Waals surface area contributed by atoms with Crippen LogP contribution in [0.15, 0.2) is 18.2 Å². The number of nitrogens with zero attached hydrogens (tertiary/aromatic N) is 2. The van der Waals surface area contributed by atoms with E-state index >= 15 is 0 Å². The molecule has 0 aliphatic rings. The number of benzene rings is 1. The third kappa shape index (κ3) is 3.43. The Kier molecular flexibility index (Phi) is 5.29. The summed E-state index contributed by atoms with van der Waals surface area (Å²) in [4.78, 5) is 23.5. The molecule has 0 bridgehead atoms. The smallest absolute Gasteiger partial charge is 0.342 e. The van der Waals surface area contributed by atoms with Gasteiger partial charge in [0.25, 0.3) is 0 Å². The molecule has 0 atom stereocenters. The van der Waals surface area contributed by atoms with E-state index in [1.807, 2.05) is 18.7 Å². The van der Waals surface area contributed by atoms with E-state index in [4.69, 9.17) is 5.11 Å². The number of carboxylic acids is 1. The van der Waals surface area contributed by atoms with Gasteiger partial charge in [0.15, 0.2) is 0 Å². The minimum absolute atomic E-state index is 0.266. The summed E-state index contributed by atoms with van der Waals surface area (Å²) in [5, 5.41) is 20.2. The van der Waals surface area contributed by atoms with Crippen molar-refractivity contribution in [2.45, 2.75) is 26.7 Å². The Morgan fingerprint density at radius 2 is 2.11 bits per heavy atom. The summed E-state index contributed by atoms with van der Waals surface area (Å²) >= 11 is 0. The molecule has 1 rings (SSSR count). The van der Waals surface area contributed by atoms with Gasteiger partial charge in [-0.2, -0.15) is 0 Å². The van der Waals surface area contributed by atoms with Gasteiger partial charge in [-0.15, -0.1) is 0 Å². The van der Waals surface area contributed by atoms with Crippen LogP contribution in [0.4, 0.5) is 11.4 Å². The predicted molar refractivity (Wildman–Crippen MR) is 72.9 cm³/mol. The van der Waals surface area contributed by atoms with E-state index in [1.165, 1.54) is 6.07 Å². The van der Waals surface area contributed by atoms with Crippen LogP contribution in [0, 0.1) is 10.1 Å². The van der Waals surface area contributed by atoms with E-state index in [-0.39, 0.29) is 11.3 Å². The number of hydrogen-bond acceptors (Lipinski definition) is 4. The van der Waals surface area contributed by atoms with Crippen molar-refractivity contribution in [2.75, 3.05) is 18.0 Å². The number of unbranched alkanes of at least 4 members (excludes halogenated alkanes) is 1. The van der Waals surface area contributed by atoms with Crippen molar-refractivity contribution in [3.8, 4) is 0 Å². The number of carbonyl (C=O) groups is 1. The quantitative estimate of drug-likeness (QED) is 0.606. The molecule has 0 unspecified atom stereocenters. The summed E-state index contributed by atoms with van der Waals surface area (Å²) in [6.07, 6.45) is 1.88. The van der Waals surface area contributed by atoms with Crippen LogP contribution in [0.25, 0.3) is 0 Å². The van der Waals surface area contributed by atoms with Crippen LogP contribution >= 0.6 is 0 Å². The van der Waals surface area contributed by atoms with E-state index in [2.05, 4.69) is 0 Å². The van der Waals surface area contributed by atoms with Crippen LogP contribution in [0.1, 0.15) is 37.0 Å². The number of hydrogen-bond donors (Lipinski definition) is 1. The normalized spacial score (nSPS) is 10.2. The highest BCUT2D eigenvalue weighted by atomic mass is 16.6. The Labute approximate surface area is 111 Å². The fourth-order valence-electron chi connectivity index (χ4n) is 1.95. The van der Waals surface area contributed by atoms with Crippen molar-refractivity contribution >= 4 is 17.3 Å². The molecule has 1 aromatic carbocycles. The highest BCUT2D eigenvalue weighted by molar-refractivity contribution is 5.95. The number of aromatic carboxylic acids is 1. The number of anilines is 1. The zero-order chi connectivity index (χ0) is 14.4. The van der Waals surface area contributed by atoms with Crippen LogP contribution in [0.2, 0.25) is 0 Å². The SMILES string of the molecule is CCCCN(CC)c1cccc(C(=O)O)c1[N+](=O)[O-]. The zero-order valence-corrected chi connectivity index (χ0v) is 11.1. The lowest BCUT2D eigenvalue weighted by Crippen LogP contribution is -2.25. The van der Waals surface area contributed by atoms with E-state index in [0.717, 1.165) is 12.8 Å². The molecule has 1 aromatic rings. The minimum atomic E-state index is -1.28. The van der Waals surface area contributed by atoms with Gasteiger partial charge in [0.2, 0.25) is 0 Å². The molecule has 6 heteroatoms. The summed E-state index contributed by atoms with van der Waals surface area (Å²) < 4.78 is 0. The van der Waals surface area contributed by atoms with Gasteiger partial charge in [0.1, 0.15) is 11.3 Å². The third-order valence-electron chi connectivity index (χ3n) is 2.93. The van der Waals surface area contributed by atoms with Crippen molar-refractivity contribution in [1.29, 1.82) is 0 Å². The lowest BCUT2D eigenvalue weighted by Gasteiger charge is -2.23. The van der Waals surface area contributed by atoms with Gasteiger partial charge in [-0.25, -0.2) is 4.79 Å². The Hall–Kier alpha value is -2.11. The maximum absolute atomic E-state index is 11.2. The zero-order valence-electron chi connectivity index (χ0n) is 11.1. The van der Waals surface area contributed by atoms with E-state index in [0.29, 0.717) is 18.8 Å². The van der Waals surface area contributed by atoms with Crippen LogP contribution in [-0.4, -0.2) is 29.1 Å². The van der Waals surface area contributed by atoms with Gasteiger partial charge >= 0.3 is 11.7 Å². The van der Waals surface area contributed by atoms with Crippen molar-refractivity contribution in [3.63, 3.8) is 0 Å². The first-order valence-electron chi connectivity index (χ1n) is 6.28. The average molecular weight is 266 g/mol. The lowest BCUT2D eigenvalue weighted by molar-refractivity contribution is -0.384. The van der Waals surface area contributed by atoms with Gasteiger partial charge in [0.05, 0.1) is 4.92 Å². The van der Waals surface area contributed by atoms with Gasteiger partial charge < -0.3 is 10.0 Å². The van der Waals surface area contributed by atoms with Crippen LogP contribution in [-0.2, 0) is 0 Å². The van der Waals surface area contributed by atoms with Crippen LogP contribution in [0.3, 0.4) is 0 Å². The number of carboxylic acid groups (broad SMARTS) is 1. The fourth-order valence-corrected chi connectivity index (χ4v) is 1.95. The third-order valence-corrected chi connectivity index (χ3v) is 2.93. The second kappa shape index (κ2) is 6.72. The number of rotatable bonds is 7. The molecule has 0 aliphatic carbocycles. The molecule has 0 radical (unpaired) electrons. The largest absolute Gasteiger partial charge is 0.477 e. The number of nitro groups is 1. The molecule has 0 spiro atoms. The highest BCUT2D eigenvalue weighted by Gasteiger charge is 2.26. The molecule has 0 aliphatic heterocycles. The Morgan fingerprint density at radius 3 is 2.58 bits per heavy atom. The topological polar surface area (TPSA) is 83.7 Å². The molecule has 104 valence electrons. The monoisotopic (exact) mass is 266 g/mol. The Morgan fingerprint density at radius 1 is 1.42 bits per heavy atom. The summed E-state index contributed by atoms with van der Waals surface area (Å²) in [6, 6.07) is 4.40. The summed E-state index contributed by atoms with van der Waals surface area (Å²) in [6.45, 7) is 5.21. The minimum Gasteiger partial charge on any atom is -0.477 e. The van der Waals surface area contributed by atoms with Gasteiger partial charge in [-0.3, -0.25) is 10.1 Å². The Balaban J connectivity index is 3.28. The number of nitro benzene ring substituents is 1. The first-order chi connectivity index (χ1) is 9.02. The maximum atomic E-state index is 11.2. The average Bonchev–Trinajstić information content (AvgIpc) is 2.38. The summed E-state index contributed by atoms with van der Waals surface area (Å²) in [5.74, 6) is -1.28. The second-order valence-corrected chi connectivity index (χ2v) is 4.17.